The minimum Gasteiger partial charge on any atom is -0.380 e. The fourth-order valence-electron chi connectivity index (χ4n) is 3.57. The molecule has 2 aliphatic heterocycles. The Hall–Kier alpha value is -2.20. The normalized spacial score (nSPS) is 17.3. The summed E-state index contributed by atoms with van der Waals surface area (Å²) in [6.45, 7) is 0.0331. The molecule has 0 spiro atoms. The van der Waals surface area contributed by atoms with Gasteiger partial charge in [-0.2, -0.15) is 0 Å². The van der Waals surface area contributed by atoms with Crippen molar-refractivity contribution in [1.82, 2.24) is 4.90 Å². The van der Waals surface area contributed by atoms with Gasteiger partial charge in [0.1, 0.15) is 11.4 Å². The predicted molar refractivity (Wildman–Crippen MR) is 110 cm³/mol. The number of benzene rings is 2. The van der Waals surface area contributed by atoms with Crippen molar-refractivity contribution >= 4 is 34.2 Å². The van der Waals surface area contributed by atoms with E-state index in [2.05, 4.69) is 4.99 Å². The van der Waals surface area contributed by atoms with Crippen molar-refractivity contribution in [2.75, 3.05) is 13.1 Å². The second-order valence-corrected chi connectivity index (χ2v) is 8.40. The molecule has 150 valence electrons. The summed E-state index contributed by atoms with van der Waals surface area (Å²) in [5, 5.41) is 10.6. The fourth-order valence-corrected chi connectivity index (χ4v) is 4.03. The summed E-state index contributed by atoms with van der Waals surface area (Å²) < 4.78 is 43.3. The maximum absolute atomic E-state index is 14.6. The van der Waals surface area contributed by atoms with Crippen LogP contribution in [-0.2, 0) is 6.42 Å². The molecule has 0 aliphatic carbocycles. The molecule has 0 unspecified atom stereocenters. The highest BCUT2D eigenvalue weighted by molar-refractivity contribution is 14.1. The highest BCUT2D eigenvalue weighted by atomic mass is 127. The van der Waals surface area contributed by atoms with Gasteiger partial charge >= 0.3 is 0 Å². The van der Waals surface area contributed by atoms with Crippen molar-refractivity contribution in [3.63, 3.8) is 0 Å². The molecule has 4 nitrogen and oxygen atoms in total. The molecule has 29 heavy (non-hydrogen) atoms. The van der Waals surface area contributed by atoms with E-state index < -0.39 is 29.0 Å². The maximum atomic E-state index is 14.6. The van der Waals surface area contributed by atoms with Crippen LogP contribution in [0.1, 0.15) is 27.9 Å². The molecule has 2 aromatic rings. The van der Waals surface area contributed by atoms with Crippen molar-refractivity contribution in [1.29, 1.82) is 0 Å². The molecule has 0 aromatic heterocycles. The zero-order valence-corrected chi connectivity index (χ0v) is 17.3. The number of halogens is 4. The van der Waals surface area contributed by atoms with Crippen LogP contribution in [-0.4, -0.2) is 40.3 Å². The lowest BCUT2D eigenvalue weighted by Crippen LogP contribution is -2.67. The van der Waals surface area contributed by atoms with Crippen LogP contribution in [0.4, 0.5) is 13.2 Å². The molecule has 2 aliphatic rings. The van der Waals surface area contributed by atoms with Crippen LogP contribution in [0.3, 0.4) is 0 Å². The van der Waals surface area contributed by atoms with Crippen molar-refractivity contribution in [3.8, 4) is 0 Å². The summed E-state index contributed by atoms with van der Waals surface area (Å²) in [4.78, 5) is 18.4. The minimum atomic E-state index is -1.21. The van der Waals surface area contributed by atoms with Gasteiger partial charge in [0, 0.05) is 33.7 Å². The van der Waals surface area contributed by atoms with E-state index >= 15 is 0 Å². The lowest BCUT2D eigenvalue weighted by Gasteiger charge is -2.46. The van der Waals surface area contributed by atoms with Gasteiger partial charge in [-0.25, -0.2) is 13.2 Å². The Bertz CT molecular complexity index is 1060. The molecule has 0 saturated carbocycles. The van der Waals surface area contributed by atoms with Crippen LogP contribution >= 0.6 is 22.6 Å². The van der Waals surface area contributed by atoms with Crippen LogP contribution < -0.4 is 0 Å². The van der Waals surface area contributed by atoms with Crippen LogP contribution in [0.25, 0.3) is 0 Å². The largest absolute Gasteiger partial charge is 0.380 e. The number of aliphatic hydroxyl groups is 1. The molecule has 1 N–H and O–H groups in total. The number of β-amino-alcohol motifs (C(OH)–C–C–N with tert-alkyl or cyclic N) is 1. The quantitative estimate of drug-likeness (QED) is 0.634. The van der Waals surface area contributed by atoms with Gasteiger partial charge < -0.3 is 10.0 Å². The van der Waals surface area contributed by atoms with E-state index in [1.807, 2.05) is 22.6 Å². The van der Waals surface area contributed by atoms with Crippen LogP contribution in [0.5, 0.6) is 0 Å². The second kappa shape index (κ2) is 7.56. The summed E-state index contributed by atoms with van der Waals surface area (Å²) in [6, 6.07) is 6.52. The zero-order valence-electron chi connectivity index (χ0n) is 15.1. The average Bonchev–Trinajstić information content (AvgIpc) is 3.19. The Morgan fingerprint density at radius 3 is 2.59 bits per heavy atom. The number of hydrogen-bond donors (Lipinski definition) is 1. The Balaban J connectivity index is 1.61. The molecular formula is C21H16F3IN2O2. The second-order valence-electron chi connectivity index (χ2n) is 7.16. The summed E-state index contributed by atoms with van der Waals surface area (Å²) in [6.07, 6.45) is 3.66. The summed E-state index contributed by atoms with van der Waals surface area (Å²) in [5.74, 6) is -3.37. The lowest BCUT2D eigenvalue weighted by molar-refractivity contribution is -0.0324. The molecule has 8 heteroatoms. The predicted octanol–water partition coefficient (Wildman–Crippen LogP) is 3.84. The first kappa shape index (κ1) is 20.1. The van der Waals surface area contributed by atoms with Crippen molar-refractivity contribution in [3.05, 3.63) is 80.3 Å². The maximum Gasteiger partial charge on any atom is 0.254 e. The number of likely N-dealkylation sites (tertiary alicyclic amines) is 1. The van der Waals surface area contributed by atoms with Gasteiger partial charge in [0.15, 0.2) is 11.6 Å². The molecule has 1 fully saturated rings. The highest BCUT2D eigenvalue weighted by Gasteiger charge is 2.48. The fraction of sp³-hybridized carbons (Fsp3) is 0.238. The topological polar surface area (TPSA) is 52.9 Å². The van der Waals surface area contributed by atoms with E-state index in [1.54, 1.807) is 18.3 Å². The van der Waals surface area contributed by atoms with Crippen LogP contribution in [0, 0.1) is 21.0 Å². The lowest BCUT2D eigenvalue weighted by atomic mass is 9.86. The summed E-state index contributed by atoms with van der Waals surface area (Å²) in [5.41, 5.74) is -0.718. The van der Waals surface area contributed by atoms with E-state index in [-0.39, 0.29) is 36.2 Å². The Labute approximate surface area is 178 Å². The molecule has 1 saturated heterocycles. The third kappa shape index (κ3) is 3.71. The van der Waals surface area contributed by atoms with Gasteiger partial charge in [-0.3, -0.25) is 9.79 Å². The first-order chi connectivity index (χ1) is 13.8. The SMILES string of the molecule is O=C(c1ccc(F)c(F)c1Cc1ccc(I)cc1F)N1CC(O)(C2=NC=CC2)C1. The van der Waals surface area contributed by atoms with Gasteiger partial charge in [0.25, 0.3) is 5.91 Å². The molecule has 0 radical (unpaired) electrons. The summed E-state index contributed by atoms with van der Waals surface area (Å²) >= 11 is 1.95. The van der Waals surface area contributed by atoms with Gasteiger partial charge in [-0.1, -0.05) is 12.1 Å². The van der Waals surface area contributed by atoms with E-state index in [9.17, 15) is 23.1 Å². The highest BCUT2D eigenvalue weighted by Crippen LogP contribution is 2.30. The number of carbonyl (C=O) groups is 1. The number of allylic oxidation sites excluding steroid dienone is 1. The number of amides is 1. The van der Waals surface area contributed by atoms with Crippen molar-refractivity contribution in [2.24, 2.45) is 4.99 Å². The number of hydrogen-bond acceptors (Lipinski definition) is 3. The number of carbonyl (C=O) groups excluding carboxylic acids is 1. The standard InChI is InChI=1S/C21H16F3IN2O2/c22-16-6-5-14(15(19(16)24)8-12-3-4-13(25)9-17(12)23)20(28)27-10-21(29,11-27)18-2-1-7-26-18/h1,3-7,9,29H,2,8,10-11H2. The molecule has 2 heterocycles. The molecule has 0 atom stereocenters. The zero-order chi connectivity index (χ0) is 20.8. The Kier molecular flexibility index (Phi) is 5.24. The van der Waals surface area contributed by atoms with Crippen LogP contribution in [0.15, 0.2) is 47.6 Å². The Morgan fingerprint density at radius 1 is 1.17 bits per heavy atom. The monoisotopic (exact) mass is 512 g/mol. The first-order valence-corrected chi connectivity index (χ1v) is 10.0. The smallest absolute Gasteiger partial charge is 0.254 e. The number of nitrogens with zero attached hydrogens (tertiary/aromatic N) is 2. The van der Waals surface area contributed by atoms with Gasteiger partial charge in [-0.15, -0.1) is 0 Å². The van der Waals surface area contributed by atoms with Gasteiger partial charge in [0.2, 0.25) is 0 Å². The first-order valence-electron chi connectivity index (χ1n) is 8.93. The third-order valence-electron chi connectivity index (χ3n) is 5.19. The Morgan fingerprint density at radius 2 is 1.93 bits per heavy atom. The number of aliphatic imine (C=N–C) groups is 1. The van der Waals surface area contributed by atoms with E-state index in [0.717, 1.165) is 6.07 Å². The van der Waals surface area contributed by atoms with Crippen molar-refractivity contribution in [2.45, 2.75) is 18.4 Å². The number of rotatable bonds is 4. The van der Waals surface area contributed by atoms with Crippen LogP contribution in [0.2, 0.25) is 0 Å². The van der Waals surface area contributed by atoms with Crippen molar-refractivity contribution < 1.29 is 23.1 Å². The third-order valence-corrected chi connectivity index (χ3v) is 5.86. The average molecular weight is 512 g/mol. The summed E-state index contributed by atoms with van der Waals surface area (Å²) in [7, 11) is 0. The molecule has 2 aromatic carbocycles. The van der Waals surface area contributed by atoms with E-state index in [4.69, 9.17) is 0 Å². The van der Waals surface area contributed by atoms with E-state index in [1.165, 1.54) is 23.1 Å². The molecular weight excluding hydrogens is 496 g/mol. The minimum absolute atomic E-state index is 0.0165. The molecule has 4 rings (SSSR count). The van der Waals surface area contributed by atoms with E-state index in [0.29, 0.717) is 15.7 Å². The van der Waals surface area contributed by atoms with Gasteiger partial charge in [0.05, 0.1) is 18.8 Å². The van der Waals surface area contributed by atoms with Gasteiger partial charge in [-0.05, 0) is 52.4 Å². The molecule has 1 amide bonds. The molecule has 0 bridgehead atoms.